The normalized spacial score (nSPS) is 14.7. The fourth-order valence-corrected chi connectivity index (χ4v) is 1.78. The van der Waals surface area contributed by atoms with Gasteiger partial charge in [0.25, 0.3) is 0 Å². The second-order valence-electron chi connectivity index (χ2n) is 3.60. The molecule has 0 saturated carbocycles. The summed E-state index contributed by atoms with van der Waals surface area (Å²) in [5.74, 6) is 0.562. The van der Waals surface area contributed by atoms with Gasteiger partial charge in [-0.25, -0.2) is 4.39 Å². The van der Waals surface area contributed by atoms with Crippen molar-refractivity contribution in [1.29, 1.82) is 0 Å². The van der Waals surface area contributed by atoms with Gasteiger partial charge >= 0.3 is 0 Å². The van der Waals surface area contributed by atoms with Crippen molar-refractivity contribution in [2.45, 2.75) is 25.4 Å². The maximum Gasteiger partial charge on any atom is 0.122 e. The van der Waals surface area contributed by atoms with Gasteiger partial charge in [0.2, 0.25) is 0 Å². The first-order chi connectivity index (χ1) is 7.20. The molecule has 15 heavy (non-hydrogen) atoms. The summed E-state index contributed by atoms with van der Waals surface area (Å²) in [6.07, 6.45) is -0.275. The summed E-state index contributed by atoms with van der Waals surface area (Å²) in [7, 11) is 1.60. The Kier molecular flexibility index (Phi) is 4.56. The highest BCUT2D eigenvalue weighted by molar-refractivity contribution is 5.36. The molecule has 0 amide bonds. The lowest BCUT2D eigenvalue weighted by Crippen LogP contribution is -2.16. The molecule has 0 bridgehead atoms. The maximum atomic E-state index is 13.4. The van der Waals surface area contributed by atoms with Crippen LogP contribution in [0.15, 0.2) is 24.3 Å². The van der Waals surface area contributed by atoms with Gasteiger partial charge in [-0.2, -0.15) is 0 Å². The van der Waals surface area contributed by atoms with Crippen LogP contribution in [0.5, 0.6) is 5.75 Å². The molecule has 1 aromatic carbocycles. The molecule has 0 aromatic heterocycles. The number of rotatable bonds is 5. The molecule has 1 rings (SSSR count). The van der Waals surface area contributed by atoms with Gasteiger partial charge < -0.3 is 10.5 Å². The Bertz CT molecular complexity index is 301. The summed E-state index contributed by atoms with van der Waals surface area (Å²) < 4.78 is 18.7. The van der Waals surface area contributed by atoms with Crippen LogP contribution in [0.2, 0.25) is 0 Å². The highest BCUT2D eigenvalue weighted by Crippen LogP contribution is 2.32. The van der Waals surface area contributed by atoms with E-state index in [-0.39, 0.29) is 5.92 Å². The summed E-state index contributed by atoms with van der Waals surface area (Å²) in [4.78, 5) is 0. The van der Waals surface area contributed by atoms with E-state index in [1.54, 1.807) is 14.0 Å². The predicted molar refractivity (Wildman–Crippen MR) is 60.0 cm³/mol. The lowest BCUT2D eigenvalue weighted by atomic mass is 9.91. The van der Waals surface area contributed by atoms with Crippen molar-refractivity contribution in [2.75, 3.05) is 13.7 Å². The van der Waals surface area contributed by atoms with Crippen molar-refractivity contribution < 1.29 is 9.13 Å². The average molecular weight is 211 g/mol. The molecule has 0 aliphatic carbocycles. The van der Waals surface area contributed by atoms with E-state index in [4.69, 9.17) is 10.5 Å². The van der Waals surface area contributed by atoms with Gasteiger partial charge in [0.15, 0.2) is 0 Å². The third-order valence-corrected chi connectivity index (χ3v) is 2.57. The molecule has 3 heteroatoms. The fraction of sp³-hybridized carbons (Fsp3) is 0.500. The number of hydrogen-bond donors (Lipinski definition) is 1. The van der Waals surface area contributed by atoms with Crippen LogP contribution in [0, 0.1) is 0 Å². The summed E-state index contributed by atoms with van der Waals surface area (Å²) >= 11 is 0. The summed E-state index contributed by atoms with van der Waals surface area (Å²) in [6, 6.07) is 7.52. The lowest BCUT2D eigenvalue weighted by Gasteiger charge is -2.20. The number of hydrogen-bond acceptors (Lipinski definition) is 2. The van der Waals surface area contributed by atoms with E-state index in [0.29, 0.717) is 13.0 Å². The Labute approximate surface area is 90.2 Å². The van der Waals surface area contributed by atoms with Gasteiger partial charge in [-0.15, -0.1) is 0 Å². The largest absolute Gasteiger partial charge is 0.496 e. The van der Waals surface area contributed by atoms with Crippen LogP contribution in [0.25, 0.3) is 0 Å². The van der Waals surface area contributed by atoms with E-state index in [0.717, 1.165) is 11.3 Å². The van der Waals surface area contributed by atoms with E-state index in [1.807, 2.05) is 24.3 Å². The molecule has 2 atom stereocenters. The van der Waals surface area contributed by atoms with Crippen LogP contribution in [0.4, 0.5) is 4.39 Å². The van der Waals surface area contributed by atoms with E-state index in [1.165, 1.54) is 0 Å². The first-order valence-electron chi connectivity index (χ1n) is 5.17. The molecule has 0 spiro atoms. The van der Waals surface area contributed by atoms with Crippen LogP contribution in [-0.4, -0.2) is 19.8 Å². The molecule has 0 saturated heterocycles. The highest BCUT2D eigenvalue weighted by atomic mass is 19.1. The Balaban J connectivity index is 2.98. The lowest BCUT2D eigenvalue weighted by molar-refractivity contribution is 0.290. The zero-order valence-electron chi connectivity index (χ0n) is 9.24. The van der Waals surface area contributed by atoms with Crippen LogP contribution >= 0.6 is 0 Å². The quantitative estimate of drug-likeness (QED) is 0.812. The minimum atomic E-state index is -0.912. The van der Waals surface area contributed by atoms with Crippen molar-refractivity contribution >= 4 is 0 Å². The molecular formula is C12H18FNO. The molecule has 0 radical (unpaired) electrons. The zero-order valence-corrected chi connectivity index (χ0v) is 9.24. The van der Waals surface area contributed by atoms with Crippen molar-refractivity contribution in [3.8, 4) is 5.75 Å². The third-order valence-electron chi connectivity index (χ3n) is 2.57. The van der Waals surface area contributed by atoms with Crippen molar-refractivity contribution in [3.63, 3.8) is 0 Å². The Morgan fingerprint density at radius 2 is 2.07 bits per heavy atom. The number of ether oxygens (including phenoxy) is 1. The minimum absolute atomic E-state index is 0.175. The third kappa shape index (κ3) is 2.93. The smallest absolute Gasteiger partial charge is 0.122 e. The number of halogens is 1. The summed E-state index contributed by atoms with van der Waals surface area (Å²) in [5, 5.41) is 0. The van der Waals surface area contributed by atoms with Gasteiger partial charge in [0.05, 0.1) is 7.11 Å². The van der Waals surface area contributed by atoms with Crippen molar-refractivity contribution in [1.82, 2.24) is 0 Å². The molecule has 2 N–H and O–H groups in total. The second kappa shape index (κ2) is 5.71. The SMILES string of the molecule is COc1ccccc1C(CCN)C(C)F. The van der Waals surface area contributed by atoms with Gasteiger partial charge in [0, 0.05) is 11.5 Å². The minimum Gasteiger partial charge on any atom is -0.496 e. The van der Waals surface area contributed by atoms with Gasteiger partial charge in [-0.1, -0.05) is 18.2 Å². The van der Waals surface area contributed by atoms with Crippen molar-refractivity contribution in [2.24, 2.45) is 5.73 Å². The number of alkyl halides is 1. The highest BCUT2D eigenvalue weighted by Gasteiger charge is 2.21. The standard InChI is InChI=1S/C12H18FNO/c1-9(13)10(7-8-14)11-5-3-4-6-12(11)15-2/h3-6,9-10H,7-8,14H2,1-2H3. The van der Waals surface area contributed by atoms with E-state index < -0.39 is 6.17 Å². The van der Waals surface area contributed by atoms with Crippen LogP contribution in [0.1, 0.15) is 24.8 Å². The molecule has 0 aliphatic rings. The first kappa shape index (κ1) is 12.0. The first-order valence-corrected chi connectivity index (χ1v) is 5.17. The number of methoxy groups -OCH3 is 1. The summed E-state index contributed by atoms with van der Waals surface area (Å²) in [6.45, 7) is 2.05. The van der Waals surface area contributed by atoms with E-state index in [9.17, 15) is 4.39 Å². The predicted octanol–water partition coefficient (Wildman–Crippen LogP) is 2.49. The molecule has 84 valence electrons. The van der Waals surface area contributed by atoms with Gasteiger partial charge in [-0.05, 0) is 26.0 Å². The van der Waals surface area contributed by atoms with E-state index >= 15 is 0 Å². The molecular weight excluding hydrogens is 193 g/mol. The molecule has 0 heterocycles. The van der Waals surface area contributed by atoms with Crippen molar-refractivity contribution in [3.05, 3.63) is 29.8 Å². The Hall–Kier alpha value is -1.09. The summed E-state index contributed by atoms with van der Waals surface area (Å²) in [5.41, 5.74) is 6.39. The molecule has 2 nitrogen and oxygen atoms in total. The monoisotopic (exact) mass is 211 g/mol. The molecule has 0 fully saturated rings. The van der Waals surface area contributed by atoms with E-state index in [2.05, 4.69) is 0 Å². The van der Waals surface area contributed by atoms with Crippen LogP contribution in [-0.2, 0) is 0 Å². The number of para-hydroxylation sites is 1. The molecule has 2 unspecified atom stereocenters. The molecule has 1 aromatic rings. The number of nitrogens with two attached hydrogens (primary N) is 1. The fourth-order valence-electron chi connectivity index (χ4n) is 1.78. The second-order valence-corrected chi connectivity index (χ2v) is 3.60. The van der Waals surface area contributed by atoms with Gasteiger partial charge in [0.1, 0.15) is 11.9 Å². The maximum absolute atomic E-state index is 13.4. The Morgan fingerprint density at radius 3 is 2.60 bits per heavy atom. The average Bonchev–Trinajstić information content (AvgIpc) is 2.25. The van der Waals surface area contributed by atoms with Crippen LogP contribution < -0.4 is 10.5 Å². The topological polar surface area (TPSA) is 35.2 Å². The van der Waals surface area contributed by atoms with Gasteiger partial charge in [-0.3, -0.25) is 0 Å². The Morgan fingerprint density at radius 1 is 1.40 bits per heavy atom. The molecule has 0 aliphatic heterocycles. The zero-order chi connectivity index (χ0) is 11.3. The van der Waals surface area contributed by atoms with Crippen LogP contribution in [0.3, 0.4) is 0 Å². The number of benzene rings is 1.